The Labute approximate surface area is 96.1 Å². The van der Waals surface area contributed by atoms with E-state index in [1.807, 2.05) is 35.9 Å². The first kappa shape index (κ1) is 9.51. The molecule has 14 heavy (non-hydrogen) atoms. The quantitative estimate of drug-likeness (QED) is 0.649. The van der Waals surface area contributed by atoms with Crippen LogP contribution in [0.4, 0.5) is 5.69 Å². The Kier molecular flexibility index (Phi) is 2.45. The van der Waals surface area contributed by atoms with Crippen LogP contribution in [0, 0.1) is 10.5 Å². The third-order valence-corrected chi connectivity index (χ3v) is 3.02. The number of halogens is 1. The molecule has 0 unspecified atom stereocenters. The second-order valence-corrected chi connectivity index (χ2v) is 4.21. The summed E-state index contributed by atoms with van der Waals surface area (Å²) in [6.45, 7) is 1.98. The van der Waals surface area contributed by atoms with Crippen molar-refractivity contribution in [2.24, 2.45) is 0 Å². The maximum absolute atomic E-state index is 5.75. The van der Waals surface area contributed by atoms with Gasteiger partial charge < -0.3 is 10.3 Å². The van der Waals surface area contributed by atoms with Crippen LogP contribution in [-0.2, 0) is 0 Å². The second kappa shape index (κ2) is 3.61. The first-order valence-electron chi connectivity index (χ1n) is 4.24. The lowest BCUT2D eigenvalue weighted by Gasteiger charge is -2.06. The van der Waals surface area contributed by atoms with Crippen molar-refractivity contribution < 1.29 is 0 Å². The smallest absolute Gasteiger partial charge is 0.110 e. The minimum absolute atomic E-state index is 0.812. The summed E-state index contributed by atoms with van der Waals surface area (Å²) >= 11 is 2.23. The van der Waals surface area contributed by atoms with E-state index in [4.69, 9.17) is 5.73 Å². The van der Waals surface area contributed by atoms with Gasteiger partial charge in [-0.2, -0.15) is 0 Å². The first-order valence-corrected chi connectivity index (χ1v) is 5.31. The van der Waals surface area contributed by atoms with E-state index in [1.165, 1.54) is 0 Å². The van der Waals surface area contributed by atoms with Crippen molar-refractivity contribution in [2.75, 3.05) is 5.73 Å². The molecule has 1 aromatic carbocycles. The van der Waals surface area contributed by atoms with E-state index in [1.54, 1.807) is 6.20 Å². The lowest BCUT2D eigenvalue weighted by molar-refractivity contribution is 0.974. The first-order chi connectivity index (χ1) is 6.68. The molecule has 0 radical (unpaired) electrons. The minimum atomic E-state index is 0.812. The van der Waals surface area contributed by atoms with Gasteiger partial charge in [0.05, 0.1) is 0 Å². The Morgan fingerprint density at radius 1 is 1.43 bits per heavy atom. The topological polar surface area (TPSA) is 43.8 Å². The number of hydrogen-bond acceptors (Lipinski definition) is 2. The molecule has 0 bridgehead atoms. The van der Waals surface area contributed by atoms with Gasteiger partial charge in [-0.15, -0.1) is 0 Å². The van der Waals surface area contributed by atoms with Crippen molar-refractivity contribution in [1.29, 1.82) is 0 Å². The second-order valence-electron chi connectivity index (χ2n) is 3.05. The van der Waals surface area contributed by atoms with Gasteiger partial charge in [0.2, 0.25) is 0 Å². The molecule has 2 N–H and O–H groups in total. The van der Waals surface area contributed by atoms with E-state index >= 15 is 0 Å². The SMILES string of the molecule is Cc1nccn1-c1ccc(N)c(I)c1. The van der Waals surface area contributed by atoms with Crippen LogP contribution in [0.25, 0.3) is 5.69 Å². The van der Waals surface area contributed by atoms with E-state index in [-0.39, 0.29) is 0 Å². The van der Waals surface area contributed by atoms with Gasteiger partial charge >= 0.3 is 0 Å². The molecule has 0 spiro atoms. The molecule has 2 aromatic rings. The number of rotatable bonds is 1. The maximum atomic E-state index is 5.75. The number of nitrogens with two attached hydrogens (primary N) is 1. The molecular weight excluding hydrogens is 289 g/mol. The van der Waals surface area contributed by atoms with Gasteiger partial charge in [0.15, 0.2) is 0 Å². The van der Waals surface area contributed by atoms with Gasteiger partial charge in [-0.25, -0.2) is 4.98 Å². The van der Waals surface area contributed by atoms with Gasteiger partial charge in [-0.05, 0) is 47.7 Å². The van der Waals surface area contributed by atoms with Crippen LogP contribution < -0.4 is 5.73 Å². The zero-order valence-electron chi connectivity index (χ0n) is 7.74. The highest BCUT2D eigenvalue weighted by Gasteiger charge is 2.02. The molecule has 0 saturated heterocycles. The van der Waals surface area contributed by atoms with E-state index in [0.29, 0.717) is 0 Å². The summed E-state index contributed by atoms with van der Waals surface area (Å²) in [6, 6.07) is 5.95. The lowest BCUT2D eigenvalue weighted by atomic mass is 10.3. The summed E-state index contributed by atoms with van der Waals surface area (Å²) < 4.78 is 3.09. The average Bonchev–Trinajstić information content (AvgIpc) is 2.57. The molecule has 4 heteroatoms. The number of benzene rings is 1. The van der Waals surface area contributed by atoms with Crippen molar-refractivity contribution in [3.63, 3.8) is 0 Å². The molecule has 1 aromatic heterocycles. The van der Waals surface area contributed by atoms with Crippen LogP contribution in [0.2, 0.25) is 0 Å². The number of anilines is 1. The fourth-order valence-corrected chi connectivity index (χ4v) is 1.82. The molecule has 0 aliphatic heterocycles. The highest BCUT2D eigenvalue weighted by molar-refractivity contribution is 14.1. The highest BCUT2D eigenvalue weighted by atomic mass is 127. The molecule has 0 aliphatic rings. The van der Waals surface area contributed by atoms with E-state index in [0.717, 1.165) is 20.8 Å². The standard InChI is InChI=1S/C10H10IN3/c1-7-13-4-5-14(7)8-2-3-10(12)9(11)6-8/h2-6H,12H2,1H3. The van der Waals surface area contributed by atoms with E-state index < -0.39 is 0 Å². The normalized spacial score (nSPS) is 10.4. The summed E-state index contributed by atoms with van der Waals surface area (Å²) in [5.74, 6) is 0.977. The maximum Gasteiger partial charge on any atom is 0.110 e. The van der Waals surface area contributed by atoms with Crippen LogP contribution in [-0.4, -0.2) is 9.55 Å². The van der Waals surface area contributed by atoms with Crippen molar-refractivity contribution in [1.82, 2.24) is 9.55 Å². The minimum Gasteiger partial charge on any atom is -0.398 e. The molecule has 1 heterocycles. The molecule has 0 aliphatic carbocycles. The number of imidazole rings is 1. The van der Waals surface area contributed by atoms with Crippen molar-refractivity contribution in [3.05, 3.63) is 40.0 Å². The van der Waals surface area contributed by atoms with Gasteiger partial charge in [0.25, 0.3) is 0 Å². The highest BCUT2D eigenvalue weighted by Crippen LogP contribution is 2.19. The van der Waals surface area contributed by atoms with Crippen molar-refractivity contribution >= 4 is 28.3 Å². The average molecular weight is 299 g/mol. The zero-order chi connectivity index (χ0) is 10.1. The number of nitrogens with zero attached hydrogens (tertiary/aromatic N) is 2. The predicted molar refractivity (Wildman–Crippen MR) is 65.4 cm³/mol. The predicted octanol–water partition coefficient (Wildman–Crippen LogP) is 2.37. The van der Waals surface area contributed by atoms with Crippen LogP contribution in [0.15, 0.2) is 30.6 Å². The molecule has 72 valence electrons. The Bertz CT molecular complexity index is 462. The monoisotopic (exact) mass is 299 g/mol. The summed E-state index contributed by atoms with van der Waals surface area (Å²) in [5, 5.41) is 0. The van der Waals surface area contributed by atoms with Gasteiger partial charge in [-0.1, -0.05) is 0 Å². The summed E-state index contributed by atoms with van der Waals surface area (Å²) in [7, 11) is 0. The molecular formula is C10H10IN3. The zero-order valence-corrected chi connectivity index (χ0v) is 9.89. The molecule has 3 nitrogen and oxygen atoms in total. The van der Waals surface area contributed by atoms with E-state index in [9.17, 15) is 0 Å². The van der Waals surface area contributed by atoms with Gasteiger partial charge in [0, 0.05) is 27.3 Å². The Morgan fingerprint density at radius 3 is 2.79 bits per heavy atom. The lowest BCUT2D eigenvalue weighted by Crippen LogP contribution is -1.97. The third-order valence-electron chi connectivity index (χ3n) is 2.09. The van der Waals surface area contributed by atoms with Gasteiger partial charge in [0.1, 0.15) is 5.82 Å². The Morgan fingerprint density at radius 2 is 2.21 bits per heavy atom. The Hall–Kier alpha value is -1.04. The molecule has 2 rings (SSSR count). The molecule has 0 saturated carbocycles. The number of nitrogen functional groups attached to an aromatic ring is 1. The van der Waals surface area contributed by atoms with Crippen LogP contribution >= 0.6 is 22.6 Å². The van der Waals surface area contributed by atoms with Crippen molar-refractivity contribution in [2.45, 2.75) is 6.92 Å². The van der Waals surface area contributed by atoms with Gasteiger partial charge in [-0.3, -0.25) is 0 Å². The van der Waals surface area contributed by atoms with Crippen molar-refractivity contribution in [3.8, 4) is 5.69 Å². The molecule has 0 atom stereocenters. The largest absolute Gasteiger partial charge is 0.398 e. The number of aryl methyl sites for hydroxylation is 1. The van der Waals surface area contributed by atoms with Crippen LogP contribution in [0.5, 0.6) is 0 Å². The fraction of sp³-hybridized carbons (Fsp3) is 0.100. The Balaban J connectivity index is 2.53. The molecule has 0 fully saturated rings. The van der Waals surface area contributed by atoms with E-state index in [2.05, 4.69) is 27.6 Å². The summed E-state index contributed by atoms with van der Waals surface area (Å²) in [4.78, 5) is 4.17. The number of aromatic nitrogens is 2. The van der Waals surface area contributed by atoms with Crippen LogP contribution in [0.1, 0.15) is 5.82 Å². The number of hydrogen-bond donors (Lipinski definition) is 1. The third kappa shape index (κ3) is 1.61. The summed E-state index contributed by atoms with van der Waals surface area (Å²) in [6.07, 6.45) is 3.73. The summed E-state index contributed by atoms with van der Waals surface area (Å²) in [5.41, 5.74) is 7.66. The van der Waals surface area contributed by atoms with Crippen LogP contribution in [0.3, 0.4) is 0 Å². The fourth-order valence-electron chi connectivity index (χ4n) is 1.32. The molecule has 0 amide bonds.